The summed E-state index contributed by atoms with van der Waals surface area (Å²) in [7, 11) is 0. The fraction of sp³-hybridized carbons (Fsp3) is 0.250. The summed E-state index contributed by atoms with van der Waals surface area (Å²) >= 11 is 0. The highest BCUT2D eigenvalue weighted by molar-refractivity contribution is 6.21. The molecule has 9 heteroatoms. The number of benzene rings is 1. The predicted molar refractivity (Wildman–Crippen MR) is 99.7 cm³/mol. The number of alkyl carbamates (subject to hydrolysis) is 1. The van der Waals surface area contributed by atoms with Gasteiger partial charge in [-0.1, -0.05) is 17.2 Å². The summed E-state index contributed by atoms with van der Waals surface area (Å²) in [6.45, 7) is 5.32. The largest absolute Gasteiger partial charge is 0.444 e. The first-order chi connectivity index (χ1) is 13.7. The van der Waals surface area contributed by atoms with Crippen LogP contribution in [0.15, 0.2) is 42.6 Å². The molecule has 0 radical (unpaired) electrons. The van der Waals surface area contributed by atoms with Gasteiger partial charge in [0.2, 0.25) is 0 Å². The number of amides is 3. The molecule has 1 aliphatic rings. The van der Waals surface area contributed by atoms with E-state index in [1.807, 2.05) is 0 Å². The lowest BCUT2D eigenvalue weighted by Gasteiger charge is -2.19. The highest BCUT2D eigenvalue weighted by atomic mass is 16.7. The molecule has 3 rings (SSSR count). The third-order valence-corrected chi connectivity index (χ3v) is 3.80. The number of pyridine rings is 1. The van der Waals surface area contributed by atoms with Gasteiger partial charge in [0.15, 0.2) is 5.69 Å². The van der Waals surface area contributed by atoms with Gasteiger partial charge >= 0.3 is 12.1 Å². The van der Waals surface area contributed by atoms with E-state index in [-0.39, 0.29) is 23.4 Å². The molecular formula is C20H19N3O6. The van der Waals surface area contributed by atoms with Crippen molar-refractivity contribution in [3.63, 3.8) is 0 Å². The molecule has 1 aromatic heterocycles. The van der Waals surface area contributed by atoms with E-state index in [0.29, 0.717) is 10.6 Å². The molecule has 29 heavy (non-hydrogen) atoms. The van der Waals surface area contributed by atoms with Gasteiger partial charge in [0.25, 0.3) is 11.8 Å². The summed E-state index contributed by atoms with van der Waals surface area (Å²) in [6.07, 6.45) is 0.745. The van der Waals surface area contributed by atoms with Gasteiger partial charge in [-0.2, -0.15) is 0 Å². The molecule has 2 heterocycles. The lowest BCUT2D eigenvalue weighted by molar-refractivity contribution is -0.0588. The van der Waals surface area contributed by atoms with Gasteiger partial charge < -0.3 is 14.9 Å². The Morgan fingerprint density at radius 2 is 1.69 bits per heavy atom. The van der Waals surface area contributed by atoms with Gasteiger partial charge in [-0.05, 0) is 50.6 Å². The number of nitrogens with zero attached hydrogens (tertiary/aromatic N) is 2. The van der Waals surface area contributed by atoms with Crippen molar-refractivity contribution in [2.24, 2.45) is 0 Å². The Labute approximate surface area is 166 Å². The summed E-state index contributed by atoms with van der Waals surface area (Å²) < 4.78 is 5.14. The molecule has 150 valence electrons. The maximum atomic E-state index is 12.4. The monoisotopic (exact) mass is 397 g/mol. The minimum absolute atomic E-state index is 0.0880. The maximum Gasteiger partial charge on any atom is 0.407 e. The van der Waals surface area contributed by atoms with Crippen molar-refractivity contribution in [1.82, 2.24) is 15.4 Å². The highest BCUT2D eigenvalue weighted by Crippen LogP contribution is 2.23. The van der Waals surface area contributed by atoms with Gasteiger partial charge in [-0.15, -0.1) is 0 Å². The molecular weight excluding hydrogens is 378 g/mol. The van der Waals surface area contributed by atoms with E-state index in [0.717, 1.165) is 0 Å². The Bertz CT molecular complexity index is 961. The van der Waals surface area contributed by atoms with Gasteiger partial charge in [-0.3, -0.25) is 9.59 Å². The van der Waals surface area contributed by atoms with Crippen molar-refractivity contribution >= 4 is 23.9 Å². The van der Waals surface area contributed by atoms with E-state index in [2.05, 4.69) is 10.3 Å². The minimum Gasteiger partial charge on any atom is -0.444 e. The van der Waals surface area contributed by atoms with E-state index >= 15 is 0 Å². The van der Waals surface area contributed by atoms with E-state index in [9.17, 15) is 19.2 Å². The zero-order chi connectivity index (χ0) is 21.2. The third kappa shape index (κ3) is 4.57. The number of aromatic nitrogens is 1. The van der Waals surface area contributed by atoms with Crippen LogP contribution in [0.1, 0.15) is 57.5 Å². The Hall–Kier alpha value is -3.75. The lowest BCUT2D eigenvalue weighted by Crippen LogP contribution is -2.33. The number of rotatable bonds is 4. The summed E-state index contributed by atoms with van der Waals surface area (Å²) in [5.41, 5.74) is 0.122. The average Bonchev–Trinajstić information content (AvgIpc) is 2.90. The number of fused-ring (bicyclic) bond motifs is 1. The van der Waals surface area contributed by atoms with Crippen LogP contribution < -0.4 is 5.32 Å². The van der Waals surface area contributed by atoms with Crippen molar-refractivity contribution in [3.05, 3.63) is 65.0 Å². The Morgan fingerprint density at radius 1 is 1.07 bits per heavy atom. The summed E-state index contributed by atoms with van der Waals surface area (Å²) in [5.74, 6) is -2.41. The number of hydrogen-bond donors (Lipinski definition) is 1. The van der Waals surface area contributed by atoms with Crippen LogP contribution in [-0.4, -0.2) is 39.5 Å². The van der Waals surface area contributed by atoms with Gasteiger partial charge in [-0.25, -0.2) is 14.6 Å². The highest BCUT2D eigenvalue weighted by Gasteiger charge is 2.39. The van der Waals surface area contributed by atoms with Crippen LogP contribution in [0.5, 0.6) is 0 Å². The number of imide groups is 1. The Balaban J connectivity index is 1.65. The van der Waals surface area contributed by atoms with Crippen molar-refractivity contribution < 1.29 is 28.8 Å². The molecule has 3 amide bonds. The van der Waals surface area contributed by atoms with Crippen LogP contribution in [0.25, 0.3) is 0 Å². The van der Waals surface area contributed by atoms with Crippen LogP contribution in [-0.2, 0) is 16.1 Å². The lowest BCUT2D eigenvalue weighted by atomic mass is 10.1. The number of ether oxygens (including phenoxy) is 1. The first kappa shape index (κ1) is 20.0. The van der Waals surface area contributed by atoms with Gasteiger partial charge in [0.1, 0.15) is 5.60 Å². The molecule has 0 bridgehead atoms. The minimum atomic E-state index is -0.973. The summed E-state index contributed by atoms with van der Waals surface area (Å²) in [6, 6.07) is 9.15. The second-order valence-corrected chi connectivity index (χ2v) is 7.23. The van der Waals surface area contributed by atoms with Crippen LogP contribution in [0, 0.1) is 0 Å². The smallest absolute Gasteiger partial charge is 0.407 e. The quantitative estimate of drug-likeness (QED) is 0.788. The van der Waals surface area contributed by atoms with Crippen LogP contribution in [0.2, 0.25) is 0 Å². The van der Waals surface area contributed by atoms with Crippen LogP contribution in [0.4, 0.5) is 4.79 Å². The molecule has 1 N–H and O–H groups in total. The van der Waals surface area contributed by atoms with E-state index < -0.39 is 29.5 Å². The van der Waals surface area contributed by atoms with Crippen molar-refractivity contribution in [1.29, 1.82) is 0 Å². The first-order valence-electron chi connectivity index (χ1n) is 8.77. The summed E-state index contributed by atoms with van der Waals surface area (Å²) in [4.78, 5) is 57.5. The predicted octanol–water partition coefficient (Wildman–Crippen LogP) is 2.47. The topological polar surface area (TPSA) is 115 Å². The molecule has 0 atom stereocenters. The Morgan fingerprint density at radius 3 is 2.28 bits per heavy atom. The third-order valence-electron chi connectivity index (χ3n) is 3.80. The van der Waals surface area contributed by atoms with E-state index in [1.165, 1.54) is 24.4 Å². The van der Waals surface area contributed by atoms with Crippen LogP contribution in [0.3, 0.4) is 0 Å². The Kier molecular flexibility index (Phi) is 5.31. The fourth-order valence-electron chi connectivity index (χ4n) is 2.56. The van der Waals surface area contributed by atoms with Crippen LogP contribution >= 0.6 is 0 Å². The van der Waals surface area contributed by atoms with Crippen molar-refractivity contribution in [2.75, 3.05) is 0 Å². The fourth-order valence-corrected chi connectivity index (χ4v) is 2.56. The maximum absolute atomic E-state index is 12.4. The van der Waals surface area contributed by atoms with Gasteiger partial charge in [0, 0.05) is 12.7 Å². The number of hydrogen-bond acceptors (Lipinski definition) is 7. The molecule has 0 saturated heterocycles. The molecule has 1 aliphatic heterocycles. The first-order valence-corrected chi connectivity index (χ1v) is 8.77. The zero-order valence-corrected chi connectivity index (χ0v) is 16.1. The number of carbonyl (C=O) groups is 4. The second-order valence-electron chi connectivity index (χ2n) is 7.23. The van der Waals surface area contributed by atoms with Crippen molar-refractivity contribution in [2.45, 2.75) is 32.9 Å². The summed E-state index contributed by atoms with van der Waals surface area (Å²) in [5, 5.41) is 2.98. The van der Waals surface area contributed by atoms with E-state index in [4.69, 9.17) is 9.57 Å². The second kappa shape index (κ2) is 7.70. The van der Waals surface area contributed by atoms with E-state index in [1.54, 1.807) is 39.0 Å². The average molecular weight is 397 g/mol. The van der Waals surface area contributed by atoms with Gasteiger partial charge in [0.05, 0.1) is 11.1 Å². The van der Waals surface area contributed by atoms with Crippen molar-refractivity contribution in [3.8, 4) is 0 Å². The standard InChI is InChI=1S/C20H19N3O6/c1-20(2,3)28-19(27)22-11-12-8-9-21-15(10-12)18(26)29-23-16(24)13-6-4-5-7-14(13)17(23)25/h4-10H,11H2,1-3H3,(H,22,27). The number of hydroxylamine groups is 2. The number of nitrogens with one attached hydrogen (secondary N) is 1. The molecule has 9 nitrogen and oxygen atoms in total. The molecule has 0 fully saturated rings. The molecule has 1 aromatic carbocycles. The molecule has 0 unspecified atom stereocenters. The zero-order valence-electron chi connectivity index (χ0n) is 16.1. The molecule has 0 spiro atoms. The molecule has 0 aliphatic carbocycles. The molecule has 2 aromatic rings. The molecule has 0 saturated carbocycles. The normalized spacial score (nSPS) is 13.1. The number of carbonyl (C=O) groups excluding carboxylic acids is 4. The SMILES string of the molecule is CC(C)(C)OC(=O)NCc1ccnc(C(=O)ON2C(=O)c3ccccc3C2=O)c1.